The van der Waals surface area contributed by atoms with Crippen molar-refractivity contribution in [1.82, 2.24) is 0 Å². The highest BCUT2D eigenvalue weighted by Gasteiger charge is 2.49. The third kappa shape index (κ3) is 8.49. The summed E-state index contributed by atoms with van der Waals surface area (Å²) in [5, 5.41) is 9.52. The highest BCUT2D eigenvalue weighted by atomic mass is 28.4. The Morgan fingerprint density at radius 3 is 2.06 bits per heavy atom. The molecule has 1 heterocycles. The molecule has 1 N–H and O–H groups in total. The lowest BCUT2D eigenvalue weighted by molar-refractivity contribution is -0.202. The zero-order valence-electron chi connectivity index (χ0n) is 21.5. The van der Waals surface area contributed by atoms with Crippen LogP contribution in [0, 0.1) is 11.3 Å². The second-order valence-electron chi connectivity index (χ2n) is 11.4. The third-order valence-electron chi connectivity index (χ3n) is 6.67. The number of hydrogen-bond donors (Lipinski definition) is 1. The van der Waals surface area contributed by atoms with Crippen LogP contribution in [-0.2, 0) is 23.4 Å². The summed E-state index contributed by atoms with van der Waals surface area (Å²) in [6, 6.07) is 0. The SMILES string of the molecule is COC1C(CCC(O[Si](C)(C)C(C)(C)C)C(F)(F)F)OC(CCOC(=O)C(C)(C)C)C1CO. The molecule has 6 nitrogen and oxygen atoms in total. The fourth-order valence-electron chi connectivity index (χ4n) is 3.57. The lowest BCUT2D eigenvalue weighted by Crippen LogP contribution is -2.48. The molecular weight excluding hydrogens is 457 g/mol. The molecular formula is C23H43F3O6Si. The van der Waals surface area contributed by atoms with Crippen LogP contribution in [0.25, 0.3) is 0 Å². The number of hydrogen-bond acceptors (Lipinski definition) is 6. The predicted octanol–water partition coefficient (Wildman–Crippen LogP) is 5.09. The van der Waals surface area contributed by atoms with Crippen molar-refractivity contribution in [1.29, 1.82) is 0 Å². The van der Waals surface area contributed by atoms with Crippen molar-refractivity contribution < 1.29 is 41.7 Å². The van der Waals surface area contributed by atoms with Crippen molar-refractivity contribution in [2.75, 3.05) is 20.3 Å². The lowest BCUT2D eigenvalue weighted by atomic mass is 9.93. The van der Waals surface area contributed by atoms with E-state index in [4.69, 9.17) is 18.6 Å². The first-order chi connectivity index (χ1) is 14.8. The highest BCUT2D eigenvalue weighted by Crippen LogP contribution is 2.41. The van der Waals surface area contributed by atoms with Crippen LogP contribution < -0.4 is 0 Å². The molecule has 1 rings (SSSR count). The van der Waals surface area contributed by atoms with Crippen molar-refractivity contribution in [2.24, 2.45) is 11.3 Å². The molecule has 5 atom stereocenters. The number of rotatable bonds is 10. The minimum absolute atomic E-state index is 0.0755. The first-order valence-electron chi connectivity index (χ1n) is 11.6. The number of alkyl halides is 3. The lowest BCUT2D eigenvalue weighted by Gasteiger charge is -2.40. The van der Waals surface area contributed by atoms with Gasteiger partial charge in [0.15, 0.2) is 8.32 Å². The van der Waals surface area contributed by atoms with Crippen LogP contribution in [0.3, 0.4) is 0 Å². The van der Waals surface area contributed by atoms with Gasteiger partial charge in [-0.15, -0.1) is 0 Å². The predicted molar refractivity (Wildman–Crippen MR) is 122 cm³/mol. The zero-order chi connectivity index (χ0) is 25.8. The second kappa shape index (κ2) is 11.4. The van der Waals surface area contributed by atoms with Crippen LogP contribution in [0.15, 0.2) is 0 Å². The summed E-state index contributed by atoms with van der Waals surface area (Å²) >= 11 is 0. The number of carbonyl (C=O) groups is 1. The second-order valence-corrected chi connectivity index (χ2v) is 16.2. The van der Waals surface area contributed by atoms with Crippen LogP contribution in [0.1, 0.15) is 60.8 Å². The maximum Gasteiger partial charge on any atom is 0.413 e. The number of esters is 1. The Bertz CT molecular complexity index is 627. The van der Waals surface area contributed by atoms with Crippen molar-refractivity contribution >= 4 is 14.3 Å². The Balaban J connectivity index is 2.84. The molecule has 1 aliphatic heterocycles. The van der Waals surface area contributed by atoms with Crippen LogP contribution in [-0.4, -0.2) is 70.3 Å². The average molecular weight is 501 g/mol. The molecule has 0 amide bonds. The molecule has 0 aromatic rings. The third-order valence-corrected chi connectivity index (χ3v) is 11.2. The van der Waals surface area contributed by atoms with E-state index in [-0.39, 0.29) is 37.1 Å². The molecule has 10 heteroatoms. The molecule has 0 bridgehead atoms. The Labute approximate surface area is 197 Å². The Hall–Kier alpha value is -0.683. The number of halogens is 3. The fraction of sp³-hybridized carbons (Fsp3) is 0.957. The minimum atomic E-state index is -4.49. The van der Waals surface area contributed by atoms with Gasteiger partial charge in [-0.05, 0) is 51.7 Å². The van der Waals surface area contributed by atoms with E-state index < -0.39 is 50.2 Å². The summed E-state index contributed by atoms with van der Waals surface area (Å²) in [7, 11) is -1.18. The molecule has 1 fully saturated rings. The smallest absolute Gasteiger partial charge is 0.413 e. The molecule has 0 radical (unpaired) electrons. The Morgan fingerprint density at radius 2 is 1.64 bits per heavy atom. The summed E-state index contributed by atoms with van der Waals surface area (Å²) in [6.45, 7) is 14.4. The Kier molecular flexibility index (Phi) is 10.5. The molecule has 0 spiro atoms. The molecule has 1 saturated heterocycles. The quantitative estimate of drug-likeness (QED) is 0.333. The van der Waals surface area contributed by atoms with Crippen molar-refractivity contribution in [3.63, 3.8) is 0 Å². The van der Waals surface area contributed by atoms with E-state index in [1.54, 1.807) is 33.9 Å². The number of methoxy groups -OCH3 is 1. The van der Waals surface area contributed by atoms with Gasteiger partial charge in [-0.25, -0.2) is 0 Å². The van der Waals surface area contributed by atoms with Gasteiger partial charge in [0.25, 0.3) is 0 Å². The van der Waals surface area contributed by atoms with Gasteiger partial charge in [0.05, 0.1) is 36.9 Å². The molecule has 0 aromatic carbocycles. The zero-order valence-corrected chi connectivity index (χ0v) is 22.5. The fourth-order valence-corrected chi connectivity index (χ4v) is 4.89. The number of carbonyl (C=O) groups excluding carboxylic acids is 1. The van der Waals surface area contributed by atoms with Gasteiger partial charge in [0.2, 0.25) is 0 Å². The number of aliphatic hydroxyl groups excluding tert-OH is 1. The van der Waals surface area contributed by atoms with Gasteiger partial charge in [-0.1, -0.05) is 20.8 Å². The first-order valence-corrected chi connectivity index (χ1v) is 14.5. The molecule has 33 heavy (non-hydrogen) atoms. The monoisotopic (exact) mass is 500 g/mol. The van der Waals surface area contributed by atoms with Gasteiger partial charge < -0.3 is 23.7 Å². The van der Waals surface area contributed by atoms with Gasteiger partial charge in [0, 0.05) is 19.4 Å². The normalized spacial score (nSPS) is 25.8. The van der Waals surface area contributed by atoms with Crippen molar-refractivity contribution in [3.8, 4) is 0 Å². The molecule has 196 valence electrons. The Morgan fingerprint density at radius 1 is 1.06 bits per heavy atom. The summed E-state index contributed by atoms with van der Waals surface area (Å²) < 4.78 is 63.9. The number of aliphatic hydroxyl groups is 1. The van der Waals surface area contributed by atoms with Crippen LogP contribution >= 0.6 is 0 Å². The van der Waals surface area contributed by atoms with Gasteiger partial charge in [0.1, 0.15) is 6.10 Å². The van der Waals surface area contributed by atoms with E-state index in [1.165, 1.54) is 7.11 Å². The molecule has 0 aliphatic carbocycles. The summed E-state index contributed by atoms with van der Waals surface area (Å²) in [4.78, 5) is 12.0. The average Bonchev–Trinajstić information content (AvgIpc) is 2.98. The van der Waals surface area contributed by atoms with Crippen molar-refractivity contribution in [3.05, 3.63) is 0 Å². The van der Waals surface area contributed by atoms with Gasteiger partial charge in [-0.2, -0.15) is 13.2 Å². The molecule has 0 aromatic heterocycles. The maximum atomic E-state index is 13.8. The van der Waals surface area contributed by atoms with Crippen LogP contribution in [0.2, 0.25) is 18.1 Å². The maximum absolute atomic E-state index is 13.8. The van der Waals surface area contributed by atoms with E-state index in [0.717, 1.165) is 0 Å². The van der Waals surface area contributed by atoms with Crippen LogP contribution in [0.4, 0.5) is 13.2 Å². The molecule has 1 aliphatic rings. The van der Waals surface area contributed by atoms with Gasteiger partial charge in [-0.3, -0.25) is 4.79 Å². The van der Waals surface area contributed by atoms with E-state index in [2.05, 4.69) is 0 Å². The van der Waals surface area contributed by atoms with E-state index in [1.807, 2.05) is 20.8 Å². The molecule has 5 unspecified atom stereocenters. The van der Waals surface area contributed by atoms with Gasteiger partial charge >= 0.3 is 12.1 Å². The number of ether oxygens (including phenoxy) is 3. The summed E-state index contributed by atoms with van der Waals surface area (Å²) in [5.74, 6) is -0.768. The van der Waals surface area contributed by atoms with E-state index >= 15 is 0 Å². The topological polar surface area (TPSA) is 74.2 Å². The standard InChI is InChI=1S/C23H43F3O6Si/c1-21(2,3)20(28)30-13-12-16-15(14-27)19(29-7)17(31-16)10-11-18(23(24,25)26)32-33(8,9)22(4,5)6/h15-19,27H,10-14H2,1-9H3. The summed E-state index contributed by atoms with van der Waals surface area (Å²) in [5.41, 5.74) is -0.638. The van der Waals surface area contributed by atoms with E-state index in [0.29, 0.717) is 6.42 Å². The summed E-state index contributed by atoms with van der Waals surface area (Å²) in [6.07, 6.45) is -7.90. The molecule has 0 saturated carbocycles. The first kappa shape index (κ1) is 30.3. The van der Waals surface area contributed by atoms with Crippen LogP contribution in [0.5, 0.6) is 0 Å². The minimum Gasteiger partial charge on any atom is -0.465 e. The van der Waals surface area contributed by atoms with E-state index in [9.17, 15) is 23.1 Å². The highest BCUT2D eigenvalue weighted by molar-refractivity contribution is 6.74. The van der Waals surface area contributed by atoms with Crippen molar-refractivity contribution in [2.45, 2.75) is 110 Å². The largest absolute Gasteiger partial charge is 0.465 e.